The van der Waals surface area contributed by atoms with Gasteiger partial charge in [0.2, 0.25) is 0 Å². The summed E-state index contributed by atoms with van der Waals surface area (Å²) >= 11 is 0. The summed E-state index contributed by atoms with van der Waals surface area (Å²) < 4.78 is 15.3. The molecule has 4 rings (SSSR count). The van der Waals surface area contributed by atoms with Crippen molar-refractivity contribution in [3.63, 3.8) is 0 Å². The third kappa shape index (κ3) is 2.19. The van der Waals surface area contributed by atoms with Crippen LogP contribution in [0.15, 0.2) is 42.7 Å². The van der Waals surface area contributed by atoms with E-state index in [2.05, 4.69) is 14.9 Å². The van der Waals surface area contributed by atoms with Crippen molar-refractivity contribution in [3.05, 3.63) is 54.2 Å². The highest BCUT2D eigenvalue weighted by Gasteiger charge is 2.22. The third-order valence-electron chi connectivity index (χ3n) is 4.08. The number of nitrogens with zero attached hydrogens (tertiary/aromatic N) is 4. The van der Waals surface area contributed by atoms with E-state index in [0.717, 1.165) is 41.8 Å². The molecule has 5 heteroatoms. The Balaban J connectivity index is 1.94. The Morgan fingerprint density at radius 1 is 0.955 bits per heavy atom. The molecule has 0 atom stereocenters. The Labute approximate surface area is 127 Å². The van der Waals surface area contributed by atoms with Gasteiger partial charge in [-0.15, -0.1) is 0 Å². The fourth-order valence-electron chi connectivity index (χ4n) is 3.04. The minimum atomic E-state index is -0.236. The largest absolute Gasteiger partial charge is 0.268 e. The van der Waals surface area contributed by atoms with Crippen LogP contribution in [0.25, 0.3) is 22.4 Å². The maximum absolute atomic E-state index is 13.2. The van der Waals surface area contributed by atoms with Gasteiger partial charge in [-0.2, -0.15) is 15.3 Å². The molecule has 1 aromatic carbocycles. The highest BCUT2D eigenvalue weighted by atomic mass is 19.1. The number of rotatable bonds is 2. The van der Waals surface area contributed by atoms with Crippen LogP contribution in [0.5, 0.6) is 0 Å². The fourth-order valence-corrected chi connectivity index (χ4v) is 3.04. The second kappa shape index (κ2) is 5.33. The van der Waals surface area contributed by atoms with Gasteiger partial charge in [0, 0.05) is 28.9 Å². The third-order valence-corrected chi connectivity index (χ3v) is 4.08. The lowest BCUT2D eigenvalue weighted by Gasteiger charge is -2.14. The van der Waals surface area contributed by atoms with Crippen molar-refractivity contribution in [3.8, 4) is 22.4 Å². The first-order chi connectivity index (χ1) is 10.8. The Hall–Kier alpha value is -2.56. The average Bonchev–Trinajstić information content (AvgIpc) is 2.96. The van der Waals surface area contributed by atoms with Crippen molar-refractivity contribution in [1.82, 2.24) is 20.0 Å². The molecule has 0 fully saturated rings. The van der Waals surface area contributed by atoms with Gasteiger partial charge in [0.1, 0.15) is 11.5 Å². The molecule has 0 saturated carbocycles. The quantitative estimate of drug-likeness (QED) is 0.726. The molecule has 0 spiro atoms. The number of hydrogen-bond donors (Lipinski definition) is 0. The number of benzene rings is 1. The Kier molecular flexibility index (Phi) is 3.18. The Morgan fingerprint density at radius 2 is 1.82 bits per heavy atom. The van der Waals surface area contributed by atoms with Crippen LogP contribution < -0.4 is 0 Å². The molecule has 0 amide bonds. The maximum Gasteiger partial charge on any atom is 0.123 e. The summed E-state index contributed by atoms with van der Waals surface area (Å²) in [6.07, 6.45) is 6.77. The standard InChI is InChI=1S/C17H15FN4/c18-14-6-4-12(5-7-14)17-16(13-8-9-19-20-11-13)15-3-1-2-10-22(15)21-17/h4-9,11H,1-3,10H2. The zero-order valence-corrected chi connectivity index (χ0v) is 12.0. The SMILES string of the molecule is Fc1ccc(-c2nn3c(c2-c2ccnnc2)CCCC3)cc1. The topological polar surface area (TPSA) is 43.6 Å². The minimum Gasteiger partial charge on any atom is -0.268 e. The van der Waals surface area contributed by atoms with Crippen LogP contribution in [0, 0.1) is 5.82 Å². The predicted molar refractivity (Wildman–Crippen MR) is 81.6 cm³/mol. The molecule has 0 unspecified atom stereocenters. The second-order valence-corrected chi connectivity index (χ2v) is 5.49. The summed E-state index contributed by atoms with van der Waals surface area (Å²) in [5.41, 5.74) is 5.16. The van der Waals surface area contributed by atoms with E-state index in [-0.39, 0.29) is 5.82 Å². The molecule has 1 aliphatic rings. The van der Waals surface area contributed by atoms with Gasteiger partial charge in [-0.1, -0.05) is 0 Å². The van der Waals surface area contributed by atoms with Gasteiger partial charge in [0.25, 0.3) is 0 Å². The molecule has 110 valence electrons. The van der Waals surface area contributed by atoms with Gasteiger partial charge in [-0.05, 0) is 49.6 Å². The van der Waals surface area contributed by atoms with Gasteiger partial charge >= 0.3 is 0 Å². The normalized spacial score (nSPS) is 13.9. The molecule has 0 radical (unpaired) electrons. The number of aromatic nitrogens is 4. The molecule has 0 aliphatic carbocycles. The number of halogens is 1. The maximum atomic E-state index is 13.2. The van der Waals surface area contributed by atoms with E-state index in [1.165, 1.54) is 24.2 Å². The van der Waals surface area contributed by atoms with E-state index in [0.29, 0.717) is 0 Å². The van der Waals surface area contributed by atoms with Crippen molar-refractivity contribution >= 4 is 0 Å². The average molecular weight is 294 g/mol. The van der Waals surface area contributed by atoms with E-state index < -0.39 is 0 Å². The molecule has 0 N–H and O–H groups in total. The Morgan fingerprint density at radius 3 is 2.59 bits per heavy atom. The lowest BCUT2D eigenvalue weighted by Crippen LogP contribution is -2.11. The molecule has 3 aromatic rings. The van der Waals surface area contributed by atoms with Crippen LogP contribution in [0.1, 0.15) is 18.5 Å². The lowest BCUT2D eigenvalue weighted by molar-refractivity contribution is 0.487. The second-order valence-electron chi connectivity index (χ2n) is 5.49. The summed E-state index contributed by atoms with van der Waals surface area (Å²) in [5.74, 6) is -0.236. The van der Waals surface area contributed by atoms with E-state index in [9.17, 15) is 4.39 Å². The number of aryl methyl sites for hydroxylation is 1. The molecule has 0 bridgehead atoms. The molecular weight excluding hydrogens is 279 g/mol. The van der Waals surface area contributed by atoms with Crippen LogP contribution >= 0.6 is 0 Å². The summed E-state index contributed by atoms with van der Waals surface area (Å²) in [6, 6.07) is 8.46. The van der Waals surface area contributed by atoms with Crippen molar-refractivity contribution in [2.45, 2.75) is 25.8 Å². The van der Waals surface area contributed by atoms with Crippen LogP contribution in [0.3, 0.4) is 0 Å². The Bertz CT molecular complexity index is 794. The summed E-state index contributed by atoms with van der Waals surface area (Å²) in [7, 11) is 0. The number of hydrogen-bond acceptors (Lipinski definition) is 3. The molecule has 2 aromatic heterocycles. The van der Waals surface area contributed by atoms with Crippen LogP contribution in [0.4, 0.5) is 4.39 Å². The first kappa shape index (κ1) is 13.1. The summed E-state index contributed by atoms with van der Waals surface area (Å²) in [6.45, 7) is 0.933. The summed E-state index contributed by atoms with van der Waals surface area (Å²) in [4.78, 5) is 0. The molecule has 4 nitrogen and oxygen atoms in total. The van der Waals surface area contributed by atoms with Crippen LogP contribution in [-0.2, 0) is 13.0 Å². The van der Waals surface area contributed by atoms with Gasteiger partial charge in [-0.3, -0.25) is 4.68 Å². The minimum absolute atomic E-state index is 0.236. The molecule has 0 saturated heterocycles. The van der Waals surface area contributed by atoms with Gasteiger partial charge in [0.05, 0.1) is 12.4 Å². The summed E-state index contributed by atoms with van der Waals surface area (Å²) in [5, 5.41) is 12.6. The zero-order valence-electron chi connectivity index (χ0n) is 12.0. The van der Waals surface area contributed by atoms with Gasteiger partial charge < -0.3 is 0 Å². The molecule has 22 heavy (non-hydrogen) atoms. The monoisotopic (exact) mass is 294 g/mol. The van der Waals surface area contributed by atoms with E-state index in [1.807, 2.05) is 6.07 Å². The van der Waals surface area contributed by atoms with Crippen molar-refractivity contribution in [2.75, 3.05) is 0 Å². The van der Waals surface area contributed by atoms with Crippen LogP contribution in [0.2, 0.25) is 0 Å². The molecule has 3 heterocycles. The first-order valence-electron chi connectivity index (χ1n) is 7.45. The highest BCUT2D eigenvalue weighted by molar-refractivity contribution is 5.82. The lowest BCUT2D eigenvalue weighted by atomic mass is 9.97. The van der Waals surface area contributed by atoms with Crippen molar-refractivity contribution < 1.29 is 4.39 Å². The van der Waals surface area contributed by atoms with Crippen LogP contribution in [-0.4, -0.2) is 20.0 Å². The first-order valence-corrected chi connectivity index (χ1v) is 7.45. The highest BCUT2D eigenvalue weighted by Crippen LogP contribution is 2.36. The fraction of sp³-hybridized carbons (Fsp3) is 0.235. The van der Waals surface area contributed by atoms with Gasteiger partial charge in [-0.25, -0.2) is 4.39 Å². The molecular formula is C17H15FN4. The van der Waals surface area contributed by atoms with Gasteiger partial charge in [0.15, 0.2) is 0 Å². The number of fused-ring (bicyclic) bond motifs is 1. The smallest absolute Gasteiger partial charge is 0.123 e. The van der Waals surface area contributed by atoms with E-state index in [1.54, 1.807) is 24.5 Å². The zero-order chi connectivity index (χ0) is 14.9. The van der Waals surface area contributed by atoms with E-state index >= 15 is 0 Å². The molecule has 1 aliphatic heterocycles. The van der Waals surface area contributed by atoms with Crippen molar-refractivity contribution in [1.29, 1.82) is 0 Å². The van der Waals surface area contributed by atoms with Crippen molar-refractivity contribution in [2.24, 2.45) is 0 Å². The van der Waals surface area contributed by atoms with E-state index in [4.69, 9.17) is 5.10 Å². The predicted octanol–water partition coefficient (Wildman–Crippen LogP) is 3.48.